The van der Waals surface area contributed by atoms with Gasteiger partial charge in [-0.25, -0.2) is 4.21 Å². The van der Waals surface area contributed by atoms with E-state index >= 15 is 0 Å². The molecule has 16 heavy (non-hydrogen) atoms. The van der Waals surface area contributed by atoms with Crippen LogP contribution in [-0.2, 0) is 20.6 Å². The highest BCUT2D eigenvalue weighted by Gasteiger charge is 2.23. The predicted octanol–water partition coefficient (Wildman–Crippen LogP) is 2.54. The van der Waals surface area contributed by atoms with Crippen molar-refractivity contribution in [1.82, 2.24) is 0 Å². The molecule has 1 fully saturated rings. The molecule has 0 aromatic rings. The van der Waals surface area contributed by atoms with Gasteiger partial charge in [0.15, 0.2) is 17.4 Å². The predicted molar refractivity (Wildman–Crippen MR) is 60.9 cm³/mol. The fraction of sp³-hybridized carbons (Fsp3) is 0.818. The van der Waals surface area contributed by atoms with E-state index in [1.165, 1.54) is 0 Å². The van der Waals surface area contributed by atoms with Crippen LogP contribution in [0.4, 0.5) is 0 Å². The Hall–Kier alpha value is -0.390. The first-order chi connectivity index (χ1) is 7.77. The molecule has 1 aliphatic heterocycles. The van der Waals surface area contributed by atoms with Crippen LogP contribution < -0.4 is 0 Å². The fourth-order valence-corrected chi connectivity index (χ4v) is 2.79. The first-order valence-corrected chi connectivity index (χ1v) is 6.99. The van der Waals surface area contributed by atoms with Crippen LogP contribution in [0.2, 0.25) is 0 Å². The van der Waals surface area contributed by atoms with E-state index < -0.39 is 11.1 Å². The van der Waals surface area contributed by atoms with Crippen molar-refractivity contribution >= 4 is 11.1 Å². The number of rotatable bonds is 3. The summed E-state index contributed by atoms with van der Waals surface area (Å²) >= 11 is -1.89. The van der Waals surface area contributed by atoms with Gasteiger partial charge in [0.05, 0.1) is 11.5 Å². The van der Waals surface area contributed by atoms with E-state index in [0.717, 1.165) is 45.1 Å². The molecular weight excluding hydrogens is 228 g/mol. The Bertz CT molecular complexity index is 294. The minimum Gasteiger partial charge on any atom is -0.468 e. The zero-order valence-corrected chi connectivity index (χ0v) is 10.1. The van der Waals surface area contributed by atoms with Crippen molar-refractivity contribution in [2.24, 2.45) is 0 Å². The maximum absolute atomic E-state index is 11.1. The van der Waals surface area contributed by atoms with Gasteiger partial charge in [-0.3, -0.25) is 0 Å². The quantitative estimate of drug-likeness (QED) is 0.777. The highest BCUT2D eigenvalue weighted by Crippen LogP contribution is 2.29. The Balaban J connectivity index is 2.01. The molecule has 2 unspecified atom stereocenters. The minimum absolute atomic E-state index is 0.208. The van der Waals surface area contributed by atoms with Crippen molar-refractivity contribution in [3.63, 3.8) is 0 Å². The largest absolute Gasteiger partial charge is 0.468 e. The molecule has 0 aromatic heterocycles. The number of hydrogen-bond acceptors (Lipinski definition) is 3. The van der Waals surface area contributed by atoms with Crippen LogP contribution in [0.15, 0.2) is 10.7 Å². The van der Waals surface area contributed by atoms with E-state index in [2.05, 4.69) is 0 Å². The first-order valence-electron chi connectivity index (χ1n) is 5.88. The van der Waals surface area contributed by atoms with Gasteiger partial charge in [-0.1, -0.05) is 0 Å². The second kappa shape index (κ2) is 5.80. The van der Waals surface area contributed by atoms with Gasteiger partial charge < -0.3 is 14.0 Å². The molecule has 2 atom stereocenters. The van der Waals surface area contributed by atoms with Gasteiger partial charge in [0.1, 0.15) is 5.76 Å². The molecule has 2 rings (SSSR count). The maximum Gasteiger partial charge on any atom is 0.199 e. The summed E-state index contributed by atoms with van der Waals surface area (Å²) in [4.78, 5) is 0.556. The van der Waals surface area contributed by atoms with Gasteiger partial charge >= 0.3 is 0 Å². The summed E-state index contributed by atoms with van der Waals surface area (Å²) in [5.41, 5.74) is 0. The molecule has 1 aliphatic carbocycles. The van der Waals surface area contributed by atoms with E-state index in [-0.39, 0.29) is 6.29 Å². The van der Waals surface area contributed by atoms with Crippen LogP contribution in [0.1, 0.15) is 44.9 Å². The number of ether oxygens (including phenoxy) is 2. The third-order valence-electron chi connectivity index (χ3n) is 2.99. The molecule has 0 amide bonds. The molecule has 0 spiro atoms. The van der Waals surface area contributed by atoms with Crippen LogP contribution in [0, 0.1) is 0 Å². The summed E-state index contributed by atoms with van der Waals surface area (Å²) in [6.07, 6.45) is 6.30. The molecule has 1 saturated heterocycles. The van der Waals surface area contributed by atoms with E-state index in [1.54, 1.807) is 0 Å². The molecule has 0 bridgehead atoms. The van der Waals surface area contributed by atoms with E-state index in [4.69, 9.17) is 9.47 Å². The van der Waals surface area contributed by atoms with Crippen LogP contribution in [0.5, 0.6) is 0 Å². The lowest BCUT2D eigenvalue weighted by Crippen LogP contribution is -2.23. The van der Waals surface area contributed by atoms with Crippen molar-refractivity contribution < 1.29 is 18.2 Å². The molecule has 5 heteroatoms. The Kier molecular flexibility index (Phi) is 4.37. The van der Waals surface area contributed by atoms with Gasteiger partial charge in [-0.15, -0.1) is 0 Å². The smallest absolute Gasteiger partial charge is 0.199 e. The van der Waals surface area contributed by atoms with Crippen molar-refractivity contribution in [3.05, 3.63) is 10.7 Å². The molecule has 2 aliphatic rings. The lowest BCUT2D eigenvalue weighted by atomic mass is 10.1. The summed E-state index contributed by atoms with van der Waals surface area (Å²) in [7, 11) is 0. The molecule has 1 heterocycles. The highest BCUT2D eigenvalue weighted by molar-refractivity contribution is 7.83. The summed E-state index contributed by atoms with van der Waals surface area (Å²) < 4.78 is 31.5. The number of hydrogen-bond donors (Lipinski definition) is 1. The Morgan fingerprint density at radius 3 is 2.75 bits per heavy atom. The molecule has 0 radical (unpaired) electrons. The molecule has 4 nitrogen and oxygen atoms in total. The second-order valence-corrected chi connectivity index (χ2v) is 5.21. The van der Waals surface area contributed by atoms with Crippen molar-refractivity contribution in [3.8, 4) is 0 Å². The zero-order chi connectivity index (χ0) is 11.4. The summed E-state index contributed by atoms with van der Waals surface area (Å²) in [6.45, 7) is 0.732. The normalized spacial score (nSPS) is 28.9. The van der Waals surface area contributed by atoms with Crippen LogP contribution in [0.3, 0.4) is 0 Å². The molecule has 92 valence electrons. The lowest BCUT2D eigenvalue weighted by Gasteiger charge is -2.27. The monoisotopic (exact) mass is 246 g/mol. The minimum atomic E-state index is -1.89. The van der Waals surface area contributed by atoms with Crippen molar-refractivity contribution in [2.75, 3.05) is 6.61 Å². The van der Waals surface area contributed by atoms with Gasteiger partial charge in [-0.05, 0) is 32.1 Å². The Labute approximate surface area is 98.3 Å². The van der Waals surface area contributed by atoms with Crippen LogP contribution >= 0.6 is 0 Å². The maximum atomic E-state index is 11.1. The first kappa shape index (κ1) is 12.1. The van der Waals surface area contributed by atoms with Gasteiger partial charge in [0, 0.05) is 12.8 Å². The summed E-state index contributed by atoms with van der Waals surface area (Å²) in [5, 5.41) is 0. The molecular formula is C11H18O4S. The lowest BCUT2D eigenvalue weighted by molar-refractivity contribution is -0.141. The molecule has 1 N–H and O–H groups in total. The van der Waals surface area contributed by atoms with Crippen LogP contribution in [-0.4, -0.2) is 21.7 Å². The Morgan fingerprint density at radius 2 is 2.06 bits per heavy atom. The average molecular weight is 246 g/mol. The zero-order valence-electron chi connectivity index (χ0n) is 9.31. The standard InChI is InChI=1S/C11H18O4S/c12-16(13)10-6-2-1-5-9(10)15-11-7-3-4-8-14-11/h11H,1-8H2,(H,12,13). The average Bonchev–Trinajstić information content (AvgIpc) is 2.31. The molecule has 0 aromatic carbocycles. The van der Waals surface area contributed by atoms with Gasteiger partial charge in [0.25, 0.3) is 0 Å². The highest BCUT2D eigenvalue weighted by atomic mass is 32.2. The van der Waals surface area contributed by atoms with E-state index in [1.807, 2.05) is 0 Å². The second-order valence-electron chi connectivity index (χ2n) is 4.22. The fourth-order valence-electron chi connectivity index (χ4n) is 2.12. The number of allylic oxidation sites excluding steroid dienone is 2. The Morgan fingerprint density at radius 1 is 1.25 bits per heavy atom. The summed E-state index contributed by atoms with van der Waals surface area (Å²) in [5.74, 6) is 0.694. The summed E-state index contributed by atoms with van der Waals surface area (Å²) in [6, 6.07) is 0. The van der Waals surface area contributed by atoms with Crippen LogP contribution in [0.25, 0.3) is 0 Å². The third-order valence-corrected chi connectivity index (χ3v) is 3.84. The van der Waals surface area contributed by atoms with Gasteiger partial charge in [0.2, 0.25) is 0 Å². The molecule has 0 saturated carbocycles. The topological polar surface area (TPSA) is 55.8 Å². The van der Waals surface area contributed by atoms with E-state index in [9.17, 15) is 8.76 Å². The van der Waals surface area contributed by atoms with Crippen molar-refractivity contribution in [2.45, 2.75) is 51.2 Å². The van der Waals surface area contributed by atoms with Gasteiger partial charge in [-0.2, -0.15) is 0 Å². The third kappa shape index (κ3) is 3.06. The van der Waals surface area contributed by atoms with Crippen molar-refractivity contribution in [1.29, 1.82) is 0 Å². The SMILES string of the molecule is O=S(O)C1=C(OC2CCCCO2)CCCC1. The van der Waals surface area contributed by atoms with E-state index in [0.29, 0.717) is 17.1 Å².